The molecule has 3 rings (SSSR count). The van der Waals surface area contributed by atoms with E-state index >= 15 is 0 Å². The zero-order valence-corrected chi connectivity index (χ0v) is 16.0. The van der Waals surface area contributed by atoms with E-state index in [1.54, 1.807) is 11.8 Å². The molecule has 1 amide bonds. The quantitative estimate of drug-likeness (QED) is 0.747. The average molecular weight is 371 g/mol. The topological polar surface area (TPSA) is 41.6 Å². The van der Waals surface area contributed by atoms with Crippen LogP contribution in [0.4, 0.5) is 5.69 Å². The Kier molecular flexibility index (Phi) is 7.12. The van der Waals surface area contributed by atoms with Crippen molar-refractivity contribution in [2.75, 3.05) is 31.2 Å². The number of piperidine rings is 1. The summed E-state index contributed by atoms with van der Waals surface area (Å²) in [4.78, 5) is 15.6. The second-order valence-corrected chi connectivity index (χ2v) is 7.43. The lowest BCUT2D eigenvalue weighted by atomic mass is 10.1. The summed E-state index contributed by atoms with van der Waals surface area (Å²) in [5, 5.41) is 3.00. The predicted molar refractivity (Wildman–Crippen MR) is 108 cm³/mol. The zero-order chi connectivity index (χ0) is 18.2. The second kappa shape index (κ2) is 9.76. The van der Waals surface area contributed by atoms with E-state index in [0.29, 0.717) is 13.2 Å². The summed E-state index contributed by atoms with van der Waals surface area (Å²) in [7, 11) is 0. The van der Waals surface area contributed by atoms with Gasteiger partial charge < -0.3 is 10.1 Å². The number of carbonyl (C=O) groups excluding carboxylic acids is 1. The van der Waals surface area contributed by atoms with Crippen LogP contribution in [0, 0.1) is 0 Å². The van der Waals surface area contributed by atoms with Crippen molar-refractivity contribution in [2.24, 2.45) is 0 Å². The molecule has 1 heterocycles. The molecular formula is C21H26N2O2S. The fraction of sp³-hybridized carbons (Fsp3) is 0.381. The molecule has 1 aliphatic rings. The summed E-state index contributed by atoms with van der Waals surface area (Å²) in [6, 6.07) is 18.2. The third kappa shape index (κ3) is 5.87. The average Bonchev–Trinajstić information content (AvgIpc) is 2.68. The molecule has 0 saturated carbocycles. The number of hydrogen-bond acceptors (Lipinski definition) is 4. The van der Waals surface area contributed by atoms with Gasteiger partial charge in [-0.1, -0.05) is 36.4 Å². The molecule has 0 bridgehead atoms. The van der Waals surface area contributed by atoms with Crippen molar-refractivity contribution < 1.29 is 9.53 Å². The van der Waals surface area contributed by atoms with Gasteiger partial charge in [0.1, 0.15) is 0 Å². The maximum Gasteiger partial charge on any atom is 0.238 e. The number of thioether (sulfide) groups is 1. The van der Waals surface area contributed by atoms with Crippen molar-refractivity contribution in [3.05, 3.63) is 60.2 Å². The number of carbonyl (C=O) groups is 1. The van der Waals surface area contributed by atoms with E-state index in [2.05, 4.69) is 22.3 Å². The van der Waals surface area contributed by atoms with Crippen molar-refractivity contribution in [2.45, 2.75) is 30.4 Å². The van der Waals surface area contributed by atoms with Crippen LogP contribution >= 0.6 is 11.8 Å². The molecule has 1 fully saturated rings. The summed E-state index contributed by atoms with van der Waals surface area (Å²) in [6.45, 7) is 2.90. The Morgan fingerprint density at radius 3 is 2.65 bits per heavy atom. The molecule has 2 aromatic rings. The Bertz CT molecular complexity index is 700. The molecule has 0 aromatic heterocycles. The molecule has 0 unspecified atom stereocenters. The Morgan fingerprint density at radius 1 is 1.15 bits per heavy atom. The van der Waals surface area contributed by atoms with Gasteiger partial charge >= 0.3 is 0 Å². The van der Waals surface area contributed by atoms with E-state index < -0.39 is 0 Å². The van der Waals surface area contributed by atoms with E-state index in [-0.39, 0.29) is 12.0 Å². The maximum absolute atomic E-state index is 12.3. The normalized spacial score (nSPS) is 15.7. The van der Waals surface area contributed by atoms with Crippen molar-refractivity contribution >= 4 is 23.4 Å². The molecular weight excluding hydrogens is 344 g/mol. The number of anilines is 1. The van der Waals surface area contributed by atoms with Gasteiger partial charge in [-0.2, -0.15) is 0 Å². The molecule has 1 aliphatic heterocycles. The van der Waals surface area contributed by atoms with Crippen LogP contribution < -0.4 is 5.32 Å². The van der Waals surface area contributed by atoms with Crippen LogP contribution in [0.1, 0.15) is 18.4 Å². The highest BCUT2D eigenvalue weighted by atomic mass is 32.2. The van der Waals surface area contributed by atoms with E-state index in [1.165, 1.54) is 5.56 Å². The van der Waals surface area contributed by atoms with E-state index in [9.17, 15) is 4.79 Å². The zero-order valence-electron chi connectivity index (χ0n) is 15.2. The van der Waals surface area contributed by atoms with E-state index in [4.69, 9.17) is 4.74 Å². The third-order valence-electron chi connectivity index (χ3n) is 4.58. The summed E-state index contributed by atoms with van der Waals surface area (Å²) < 4.78 is 6.01. The number of likely N-dealkylation sites (tertiary alicyclic amines) is 1. The monoisotopic (exact) mass is 370 g/mol. The number of benzene rings is 2. The minimum atomic E-state index is 0.0481. The maximum atomic E-state index is 12.3. The first-order chi connectivity index (χ1) is 12.7. The van der Waals surface area contributed by atoms with Gasteiger partial charge in [0.2, 0.25) is 5.91 Å². The number of nitrogens with zero attached hydrogens (tertiary/aromatic N) is 1. The minimum absolute atomic E-state index is 0.0481. The first-order valence-corrected chi connectivity index (χ1v) is 10.3. The molecule has 5 heteroatoms. The first-order valence-electron chi connectivity index (χ1n) is 9.05. The molecule has 4 nitrogen and oxygen atoms in total. The van der Waals surface area contributed by atoms with Crippen molar-refractivity contribution in [1.29, 1.82) is 0 Å². The fourth-order valence-electron chi connectivity index (χ4n) is 3.13. The van der Waals surface area contributed by atoms with Gasteiger partial charge in [0.25, 0.3) is 0 Å². The van der Waals surface area contributed by atoms with Crippen LogP contribution in [0.2, 0.25) is 0 Å². The third-order valence-corrected chi connectivity index (χ3v) is 5.31. The van der Waals surface area contributed by atoms with Crippen molar-refractivity contribution in [3.8, 4) is 0 Å². The van der Waals surface area contributed by atoms with Gasteiger partial charge in [-0.15, -0.1) is 11.8 Å². The second-order valence-electron chi connectivity index (χ2n) is 6.55. The Hall–Kier alpha value is -1.82. The van der Waals surface area contributed by atoms with Crippen molar-refractivity contribution in [1.82, 2.24) is 4.90 Å². The number of amides is 1. The van der Waals surface area contributed by atoms with Gasteiger partial charge in [0.15, 0.2) is 0 Å². The van der Waals surface area contributed by atoms with E-state index in [1.807, 2.05) is 48.7 Å². The highest BCUT2D eigenvalue weighted by Gasteiger charge is 2.21. The van der Waals surface area contributed by atoms with Crippen molar-refractivity contribution in [3.63, 3.8) is 0 Å². The van der Waals surface area contributed by atoms with Crippen LogP contribution in [0.3, 0.4) is 0 Å². The molecule has 1 saturated heterocycles. The number of rotatable bonds is 7. The molecule has 26 heavy (non-hydrogen) atoms. The lowest BCUT2D eigenvalue weighted by Gasteiger charge is -2.31. The highest BCUT2D eigenvalue weighted by molar-refractivity contribution is 7.98. The van der Waals surface area contributed by atoms with E-state index in [0.717, 1.165) is 36.5 Å². The Balaban J connectivity index is 1.38. The Morgan fingerprint density at radius 2 is 1.92 bits per heavy atom. The molecule has 0 aliphatic carbocycles. The standard InChI is InChI=1S/C21H26N2O2S/c1-26-20-9-5-8-18(14-20)22-21(24)15-23-12-10-19(11-13-23)25-16-17-6-3-2-4-7-17/h2-9,14,19H,10-13,15-16H2,1H3,(H,22,24). The van der Waals surface area contributed by atoms with Crippen LogP contribution in [-0.4, -0.2) is 42.8 Å². The van der Waals surface area contributed by atoms with Crippen LogP contribution in [0.15, 0.2) is 59.5 Å². The van der Waals surface area contributed by atoms with Gasteiger partial charge in [0, 0.05) is 23.7 Å². The summed E-state index contributed by atoms with van der Waals surface area (Å²) in [5.41, 5.74) is 2.07. The fourth-order valence-corrected chi connectivity index (χ4v) is 3.59. The summed E-state index contributed by atoms with van der Waals surface area (Å²) in [6.07, 6.45) is 4.27. The summed E-state index contributed by atoms with van der Waals surface area (Å²) in [5.74, 6) is 0.0481. The smallest absolute Gasteiger partial charge is 0.238 e. The van der Waals surface area contributed by atoms with Gasteiger partial charge in [-0.25, -0.2) is 0 Å². The van der Waals surface area contributed by atoms with Gasteiger partial charge in [0.05, 0.1) is 19.3 Å². The minimum Gasteiger partial charge on any atom is -0.373 e. The lowest BCUT2D eigenvalue weighted by Crippen LogP contribution is -2.41. The van der Waals surface area contributed by atoms with Gasteiger partial charge in [-0.05, 0) is 42.9 Å². The number of hydrogen-bond donors (Lipinski definition) is 1. The summed E-state index contributed by atoms with van der Waals surface area (Å²) >= 11 is 1.67. The molecule has 0 atom stereocenters. The molecule has 2 aromatic carbocycles. The molecule has 1 N–H and O–H groups in total. The van der Waals surface area contributed by atoms with Crippen LogP contribution in [-0.2, 0) is 16.1 Å². The Labute approximate surface area is 159 Å². The highest BCUT2D eigenvalue weighted by Crippen LogP contribution is 2.19. The molecule has 0 spiro atoms. The number of nitrogens with one attached hydrogen (secondary N) is 1. The largest absolute Gasteiger partial charge is 0.373 e. The predicted octanol–water partition coefficient (Wildman–Crippen LogP) is 4.03. The molecule has 138 valence electrons. The van der Waals surface area contributed by atoms with Crippen LogP contribution in [0.5, 0.6) is 0 Å². The number of ether oxygens (including phenoxy) is 1. The molecule has 0 radical (unpaired) electrons. The lowest BCUT2D eigenvalue weighted by molar-refractivity contribution is -0.118. The SMILES string of the molecule is CSc1cccc(NC(=O)CN2CCC(OCc3ccccc3)CC2)c1. The first kappa shape index (κ1) is 19.0. The van der Waals surface area contributed by atoms with Gasteiger partial charge in [-0.3, -0.25) is 9.69 Å². The van der Waals surface area contributed by atoms with Crippen LogP contribution in [0.25, 0.3) is 0 Å².